The zero-order valence-corrected chi connectivity index (χ0v) is 12.9. The standard InChI is InChI=1S/C11H17N3O4S2/c1-3-12-10-5-4-9(8-11(10)14(15)16)20(17,18)13-6-7-19-2/h4-5,8,12-13H,3,6-7H2,1-2H3. The molecule has 0 atom stereocenters. The Labute approximate surface area is 122 Å². The Balaban J connectivity index is 3.07. The summed E-state index contributed by atoms with van der Waals surface area (Å²) in [6.45, 7) is 2.60. The van der Waals surface area contributed by atoms with Crippen LogP contribution in [-0.4, -0.2) is 38.4 Å². The van der Waals surface area contributed by atoms with Gasteiger partial charge in [0.05, 0.1) is 9.82 Å². The maximum absolute atomic E-state index is 12.0. The zero-order chi connectivity index (χ0) is 15.2. The number of nitro groups is 1. The van der Waals surface area contributed by atoms with Gasteiger partial charge in [-0.05, 0) is 25.3 Å². The second-order valence-electron chi connectivity index (χ2n) is 3.86. The fraction of sp³-hybridized carbons (Fsp3) is 0.455. The molecule has 0 bridgehead atoms. The Morgan fingerprint density at radius 2 is 2.10 bits per heavy atom. The topological polar surface area (TPSA) is 101 Å². The summed E-state index contributed by atoms with van der Waals surface area (Å²) < 4.78 is 26.4. The summed E-state index contributed by atoms with van der Waals surface area (Å²) in [5.41, 5.74) is 0.0557. The molecule has 0 aliphatic heterocycles. The van der Waals surface area contributed by atoms with Gasteiger partial charge in [0.25, 0.3) is 5.69 Å². The average molecular weight is 319 g/mol. The van der Waals surface area contributed by atoms with Gasteiger partial charge in [0.1, 0.15) is 5.69 Å². The van der Waals surface area contributed by atoms with E-state index in [1.165, 1.54) is 23.9 Å². The second-order valence-corrected chi connectivity index (χ2v) is 6.61. The Morgan fingerprint density at radius 1 is 1.40 bits per heavy atom. The van der Waals surface area contributed by atoms with E-state index in [2.05, 4.69) is 10.0 Å². The number of nitro benzene ring substituents is 1. The highest BCUT2D eigenvalue weighted by Gasteiger charge is 2.20. The van der Waals surface area contributed by atoms with Gasteiger partial charge in [-0.15, -0.1) is 0 Å². The smallest absolute Gasteiger partial charge is 0.293 e. The fourth-order valence-electron chi connectivity index (χ4n) is 1.53. The van der Waals surface area contributed by atoms with Gasteiger partial charge in [0, 0.05) is 24.9 Å². The molecular formula is C11H17N3O4S2. The number of sulfonamides is 1. The van der Waals surface area contributed by atoms with Crippen LogP contribution in [0, 0.1) is 10.1 Å². The number of nitrogens with one attached hydrogen (secondary N) is 2. The summed E-state index contributed by atoms with van der Waals surface area (Å²) in [5.74, 6) is 0.636. The highest BCUT2D eigenvalue weighted by molar-refractivity contribution is 7.98. The third-order valence-corrected chi connectivity index (χ3v) is 4.51. The van der Waals surface area contributed by atoms with E-state index < -0.39 is 14.9 Å². The molecule has 1 rings (SSSR count). The molecule has 2 N–H and O–H groups in total. The molecule has 1 aromatic rings. The molecule has 0 saturated heterocycles. The van der Waals surface area contributed by atoms with Crippen molar-refractivity contribution in [3.8, 4) is 0 Å². The minimum Gasteiger partial charge on any atom is -0.380 e. The lowest BCUT2D eigenvalue weighted by Gasteiger charge is -2.08. The number of nitrogens with zero attached hydrogens (tertiary/aromatic N) is 1. The molecule has 0 aliphatic carbocycles. The van der Waals surface area contributed by atoms with Crippen molar-refractivity contribution in [1.29, 1.82) is 0 Å². The van der Waals surface area contributed by atoms with E-state index in [4.69, 9.17) is 0 Å². The molecule has 0 heterocycles. The largest absolute Gasteiger partial charge is 0.380 e. The van der Waals surface area contributed by atoms with Crippen molar-refractivity contribution in [3.63, 3.8) is 0 Å². The van der Waals surface area contributed by atoms with Crippen LogP contribution in [0.5, 0.6) is 0 Å². The molecule has 0 radical (unpaired) electrons. The van der Waals surface area contributed by atoms with Crippen LogP contribution in [0.3, 0.4) is 0 Å². The van der Waals surface area contributed by atoms with E-state index in [0.717, 1.165) is 6.07 Å². The van der Waals surface area contributed by atoms with Crippen LogP contribution >= 0.6 is 11.8 Å². The maximum Gasteiger partial charge on any atom is 0.293 e. The van der Waals surface area contributed by atoms with Gasteiger partial charge in [0.2, 0.25) is 10.0 Å². The van der Waals surface area contributed by atoms with E-state index in [0.29, 0.717) is 18.0 Å². The van der Waals surface area contributed by atoms with Gasteiger partial charge in [-0.2, -0.15) is 11.8 Å². The molecule has 0 amide bonds. The molecule has 0 aliphatic rings. The minimum absolute atomic E-state index is 0.105. The predicted octanol–water partition coefficient (Wildman–Crippen LogP) is 1.67. The summed E-state index contributed by atoms with van der Waals surface area (Å²) in [4.78, 5) is 10.3. The highest BCUT2D eigenvalue weighted by Crippen LogP contribution is 2.27. The van der Waals surface area contributed by atoms with E-state index >= 15 is 0 Å². The number of rotatable bonds is 8. The molecule has 9 heteroatoms. The lowest BCUT2D eigenvalue weighted by atomic mass is 10.2. The summed E-state index contributed by atoms with van der Waals surface area (Å²) in [6, 6.07) is 3.83. The van der Waals surface area contributed by atoms with Crippen LogP contribution in [0.4, 0.5) is 11.4 Å². The van der Waals surface area contributed by atoms with E-state index in [9.17, 15) is 18.5 Å². The van der Waals surface area contributed by atoms with Crippen molar-refractivity contribution in [2.24, 2.45) is 0 Å². The zero-order valence-electron chi connectivity index (χ0n) is 11.3. The van der Waals surface area contributed by atoms with Crippen molar-refractivity contribution in [2.75, 3.05) is 30.4 Å². The van der Waals surface area contributed by atoms with Gasteiger partial charge >= 0.3 is 0 Å². The van der Waals surface area contributed by atoms with Gasteiger partial charge in [0.15, 0.2) is 0 Å². The molecule has 20 heavy (non-hydrogen) atoms. The molecule has 112 valence electrons. The van der Waals surface area contributed by atoms with Crippen molar-refractivity contribution < 1.29 is 13.3 Å². The Kier molecular flexibility index (Phi) is 6.24. The van der Waals surface area contributed by atoms with Gasteiger partial charge in [-0.3, -0.25) is 10.1 Å². The lowest BCUT2D eigenvalue weighted by Crippen LogP contribution is -2.26. The number of hydrogen-bond donors (Lipinski definition) is 2. The van der Waals surface area contributed by atoms with Crippen molar-refractivity contribution in [1.82, 2.24) is 4.72 Å². The average Bonchev–Trinajstić information content (AvgIpc) is 2.39. The number of anilines is 1. The molecule has 0 saturated carbocycles. The predicted molar refractivity (Wildman–Crippen MR) is 80.8 cm³/mol. The van der Waals surface area contributed by atoms with Crippen molar-refractivity contribution in [3.05, 3.63) is 28.3 Å². The normalized spacial score (nSPS) is 11.3. The van der Waals surface area contributed by atoms with Crippen LogP contribution in [0.2, 0.25) is 0 Å². The molecule has 0 spiro atoms. The monoisotopic (exact) mass is 319 g/mol. The maximum atomic E-state index is 12.0. The van der Waals surface area contributed by atoms with Crippen LogP contribution in [-0.2, 0) is 10.0 Å². The third kappa shape index (κ3) is 4.36. The first-order valence-electron chi connectivity index (χ1n) is 5.93. The molecule has 0 aromatic heterocycles. The molecule has 1 aromatic carbocycles. The fourth-order valence-corrected chi connectivity index (χ4v) is 3.02. The summed E-state index contributed by atoms with van der Waals surface area (Å²) in [7, 11) is -3.72. The van der Waals surface area contributed by atoms with Crippen molar-refractivity contribution in [2.45, 2.75) is 11.8 Å². The highest BCUT2D eigenvalue weighted by atomic mass is 32.2. The molecule has 7 nitrogen and oxygen atoms in total. The van der Waals surface area contributed by atoms with Gasteiger partial charge < -0.3 is 5.32 Å². The Bertz CT molecular complexity index is 575. The van der Waals surface area contributed by atoms with Crippen LogP contribution < -0.4 is 10.0 Å². The van der Waals surface area contributed by atoms with Crippen LogP contribution in [0.1, 0.15) is 6.92 Å². The summed E-state index contributed by atoms with van der Waals surface area (Å²) >= 11 is 1.51. The van der Waals surface area contributed by atoms with E-state index in [1.807, 2.05) is 6.26 Å². The van der Waals surface area contributed by atoms with Crippen molar-refractivity contribution >= 4 is 33.2 Å². The lowest BCUT2D eigenvalue weighted by molar-refractivity contribution is -0.384. The van der Waals surface area contributed by atoms with Gasteiger partial charge in [-0.25, -0.2) is 13.1 Å². The third-order valence-electron chi connectivity index (χ3n) is 2.44. The quantitative estimate of drug-likeness (QED) is 0.429. The Hall–Kier alpha value is -1.32. The molecule has 0 unspecified atom stereocenters. The van der Waals surface area contributed by atoms with E-state index in [1.54, 1.807) is 6.92 Å². The Morgan fingerprint density at radius 3 is 2.65 bits per heavy atom. The summed E-state index contributed by atoms with van der Waals surface area (Å²) in [6.07, 6.45) is 1.87. The number of benzene rings is 1. The molecule has 0 fully saturated rings. The first-order chi connectivity index (χ1) is 9.42. The minimum atomic E-state index is -3.72. The first-order valence-corrected chi connectivity index (χ1v) is 8.81. The van der Waals surface area contributed by atoms with Crippen LogP contribution in [0.15, 0.2) is 23.1 Å². The summed E-state index contributed by atoms with van der Waals surface area (Å²) in [5, 5.41) is 13.8. The van der Waals surface area contributed by atoms with Crippen LogP contribution in [0.25, 0.3) is 0 Å². The number of thioether (sulfide) groups is 1. The van der Waals surface area contributed by atoms with Gasteiger partial charge in [-0.1, -0.05) is 0 Å². The SMILES string of the molecule is CCNc1ccc(S(=O)(=O)NCCSC)cc1[N+](=O)[O-]. The number of hydrogen-bond acceptors (Lipinski definition) is 6. The first kappa shape index (κ1) is 16.7. The van der Waals surface area contributed by atoms with E-state index in [-0.39, 0.29) is 17.1 Å². The second kappa shape index (κ2) is 7.46. The molecular weight excluding hydrogens is 302 g/mol.